The maximum atomic E-state index is 5.79. The first-order chi connectivity index (χ1) is 13.3. The maximum absolute atomic E-state index is 5.79. The van der Waals surface area contributed by atoms with Crippen molar-refractivity contribution >= 4 is 41.3 Å². The Morgan fingerprint density at radius 3 is 2.82 bits per heavy atom. The normalized spacial score (nSPS) is 17.2. The molecule has 1 atom stereocenters. The summed E-state index contributed by atoms with van der Waals surface area (Å²) in [5.74, 6) is 1.82. The molecule has 1 fully saturated rings. The van der Waals surface area contributed by atoms with Gasteiger partial charge in [0.05, 0.1) is 23.9 Å². The second kappa shape index (κ2) is 13.2. The topological polar surface area (TPSA) is 71.7 Å². The van der Waals surface area contributed by atoms with Crippen molar-refractivity contribution in [2.24, 2.45) is 4.99 Å². The second-order valence-electron chi connectivity index (χ2n) is 6.68. The first-order valence-electron chi connectivity index (χ1n) is 9.93. The number of nitrogens with zero attached hydrogens (tertiary/aromatic N) is 2. The highest BCUT2D eigenvalue weighted by Gasteiger charge is 2.13. The van der Waals surface area contributed by atoms with Gasteiger partial charge in [0.25, 0.3) is 0 Å². The van der Waals surface area contributed by atoms with E-state index in [1.165, 1.54) is 22.7 Å². The van der Waals surface area contributed by atoms with Gasteiger partial charge >= 0.3 is 0 Å². The van der Waals surface area contributed by atoms with E-state index in [2.05, 4.69) is 22.5 Å². The number of aliphatic imine (C=N–C) groups is 1. The molecule has 0 amide bonds. The fraction of sp³-hybridized carbons (Fsp3) is 0.600. The van der Waals surface area contributed by atoms with Crippen LogP contribution in [0.25, 0.3) is 0 Å². The van der Waals surface area contributed by atoms with E-state index in [0.29, 0.717) is 6.54 Å². The van der Waals surface area contributed by atoms with E-state index in [1.807, 2.05) is 18.3 Å². The number of rotatable bonds is 9. The molecule has 2 N–H and O–H groups in total. The van der Waals surface area contributed by atoms with Crippen molar-refractivity contribution in [3.63, 3.8) is 0 Å². The Morgan fingerprint density at radius 1 is 1.29 bits per heavy atom. The lowest BCUT2D eigenvalue weighted by atomic mass is 10.1. The lowest BCUT2D eigenvalue weighted by molar-refractivity contribution is 0.0224. The summed E-state index contributed by atoms with van der Waals surface area (Å²) in [7, 11) is 0. The minimum atomic E-state index is 0. The van der Waals surface area contributed by atoms with Crippen LogP contribution >= 0.6 is 35.3 Å². The van der Waals surface area contributed by atoms with Crippen LogP contribution in [0.15, 0.2) is 34.0 Å². The smallest absolute Gasteiger partial charge is 0.191 e. The third kappa shape index (κ3) is 8.08. The largest absolute Gasteiger partial charge is 0.469 e. The van der Waals surface area contributed by atoms with Crippen LogP contribution < -0.4 is 10.6 Å². The zero-order chi connectivity index (χ0) is 18.7. The molecule has 0 spiro atoms. The summed E-state index contributed by atoms with van der Waals surface area (Å²) >= 11 is 1.79. The molecular weight excluding hydrogens is 487 g/mol. The number of nitrogens with one attached hydrogen (secondary N) is 2. The molecule has 0 aromatic carbocycles. The molecular formula is C20H31IN4O2S. The summed E-state index contributed by atoms with van der Waals surface area (Å²) in [6.45, 7) is 5.32. The van der Waals surface area contributed by atoms with Crippen LogP contribution in [0.4, 0.5) is 0 Å². The van der Waals surface area contributed by atoms with Crippen molar-refractivity contribution in [1.82, 2.24) is 15.6 Å². The van der Waals surface area contributed by atoms with Gasteiger partial charge in [-0.3, -0.25) is 4.99 Å². The van der Waals surface area contributed by atoms with Gasteiger partial charge in [-0.05, 0) is 37.8 Å². The summed E-state index contributed by atoms with van der Waals surface area (Å²) in [5, 5.41) is 8.01. The van der Waals surface area contributed by atoms with Gasteiger partial charge in [0.1, 0.15) is 5.76 Å². The van der Waals surface area contributed by atoms with Gasteiger partial charge in [-0.15, -0.1) is 35.3 Å². The Hall–Kier alpha value is -1.13. The highest BCUT2D eigenvalue weighted by Crippen LogP contribution is 2.14. The molecule has 2 aromatic rings. The van der Waals surface area contributed by atoms with E-state index in [4.69, 9.17) is 14.1 Å². The molecule has 0 bridgehead atoms. The molecule has 1 aliphatic rings. The average Bonchev–Trinajstić information content (AvgIpc) is 3.38. The number of furan rings is 1. The molecule has 6 nitrogen and oxygen atoms in total. The fourth-order valence-electron chi connectivity index (χ4n) is 2.99. The van der Waals surface area contributed by atoms with Crippen LogP contribution in [-0.2, 0) is 24.0 Å². The highest BCUT2D eigenvalue weighted by atomic mass is 127. The monoisotopic (exact) mass is 518 g/mol. The molecule has 0 saturated carbocycles. The summed E-state index contributed by atoms with van der Waals surface area (Å²) in [5.41, 5.74) is 0. The number of aromatic nitrogens is 1. The van der Waals surface area contributed by atoms with E-state index in [9.17, 15) is 0 Å². The third-order valence-corrected chi connectivity index (χ3v) is 5.75. The molecule has 3 rings (SSSR count). The number of hydrogen-bond donors (Lipinski definition) is 2. The zero-order valence-electron chi connectivity index (χ0n) is 16.5. The molecule has 28 heavy (non-hydrogen) atoms. The van der Waals surface area contributed by atoms with Crippen molar-refractivity contribution in [3.05, 3.63) is 40.2 Å². The molecule has 8 heteroatoms. The predicted molar refractivity (Wildman–Crippen MR) is 125 cm³/mol. The lowest BCUT2D eigenvalue weighted by Gasteiger charge is -2.21. The number of halogens is 1. The molecule has 3 heterocycles. The van der Waals surface area contributed by atoms with Crippen molar-refractivity contribution in [2.75, 3.05) is 26.2 Å². The van der Waals surface area contributed by atoms with Crippen LogP contribution in [-0.4, -0.2) is 43.3 Å². The standard InChI is InChI=1S/C20H30N4O2S.HI/c1-2-18-15-23-19(27-18)9-11-22-20(21-10-8-16-7-5-13-25-16)24-14-17-6-3-4-12-26-17;/h5,7,13,15,17H,2-4,6,8-12,14H2,1H3,(H2,21,22,24);1H. The van der Waals surface area contributed by atoms with Gasteiger partial charge in [0.15, 0.2) is 5.96 Å². The van der Waals surface area contributed by atoms with Gasteiger partial charge in [-0.1, -0.05) is 6.92 Å². The molecule has 0 aliphatic carbocycles. The first kappa shape index (κ1) is 23.2. The lowest BCUT2D eigenvalue weighted by Crippen LogP contribution is -2.40. The highest BCUT2D eigenvalue weighted by molar-refractivity contribution is 14.0. The van der Waals surface area contributed by atoms with Crippen molar-refractivity contribution < 1.29 is 9.15 Å². The van der Waals surface area contributed by atoms with Gasteiger partial charge in [0, 0.05) is 43.6 Å². The van der Waals surface area contributed by atoms with Gasteiger partial charge in [-0.25, -0.2) is 4.98 Å². The predicted octanol–water partition coefficient (Wildman–Crippen LogP) is 3.81. The second-order valence-corrected chi connectivity index (χ2v) is 7.88. The zero-order valence-corrected chi connectivity index (χ0v) is 19.6. The Morgan fingerprint density at radius 2 is 2.14 bits per heavy atom. The molecule has 1 unspecified atom stereocenters. The fourth-order valence-corrected chi connectivity index (χ4v) is 3.85. The SMILES string of the molecule is CCc1cnc(CCNC(=NCC2CCCCO2)NCCc2ccco2)s1.I. The van der Waals surface area contributed by atoms with E-state index in [-0.39, 0.29) is 30.1 Å². The summed E-state index contributed by atoms with van der Waals surface area (Å²) in [4.78, 5) is 10.6. The van der Waals surface area contributed by atoms with Crippen molar-refractivity contribution in [2.45, 2.75) is 51.6 Å². The quantitative estimate of drug-likeness (QED) is 0.300. The Labute approximate surface area is 188 Å². The minimum absolute atomic E-state index is 0. The molecule has 156 valence electrons. The first-order valence-corrected chi connectivity index (χ1v) is 10.7. The average molecular weight is 518 g/mol. The van der Waals surface area contributed by atoms with Crippen molar-refractivity contribution in [3.8, 4) is 0 Å². The van der Waals surface area contributed by atoms with E-state index >= 15 is 0 Å². The molecule has 1 aliphatic heterocycles. The summed E-state index contributed by atoms with van der Waals surface area (Å²) in [6, 6.07) is 3.91. The van der Waals surface area contributed by atoms with Crippen LogP contribution in [0.2, 0.25) is 0 Å². The van der Waals surface area contributed by atoms with Crippen LogP contribution in [0.3, 0.4) is 0 Å². The summed E-state index contributed by atoms with van der Waals surface area (Å²) < 4.78 is 11.2. The summed E-state index contributed by atoms with van der Waals surface area (Å²) in [6.07, 6.45) is 10.2. The van der Waals surface area contributed by atoms with Crippen LogP contribution in [0.1, 0.15) is 41.8 Å². The molecule has 1 saturated heterocycles. The number of ether oxygens (including phenoxy) is 1. The number of thiazole rings is 1. The third-order valence-electron chi connectivity index (χ3n) is 4.55. The number of aryl methyl sites for hydroxylation is 1. The molecule has 2 aromatic heterocycles. The minimum Gasteiger partial charge on any atom is -0.469 e. The molecule has 0 radical (unpaired) electrons. The van der Waals surface area contributed by atoms with Crippen LogP contribution in [0, 0.1) is 0 Å². The van der Waals surface area contributed by atoms with E-state index < -0.39 is 0 Å². The Kier molecular flexibility index (Phi) is 10.9. The van der Waals surface area contributed by atoms with Crippen LogP contribution in [0.5, 0.6) is 0 Å². The van der Waals surface area contributed by atoms with E-state index in [0.717, 1.165) is 57.1 Å². The van der Waals surface area contributed by atoms with Gasteiger partial charge in [0.2, 0.25) is 0 Å². The Balaban J connectivity index is 0.00000280. The van der Waals surface area contributed by atoms with Gasteiger partial charge < -0.3 is 19.8 Å². The van der Waals surface area contributed by atoms with E-state index in [1.54, 1.807) is 17.6 Å². The number of guanidine groups is 1. The number of hydrogen-bond acceptors (Lipinski definition) is 5. The van der Waals surface area contributed by atoms with Gasteiger partial charge in [-0.2, -0.15) is 0 Å². The Bertz CT molecular complexity index is 684. The van der Waals surface area contributed by atoms with Crippen molar-refractivity contribution in [1.29, 1.82) is 0 Å². The maximum Gasteiger partial charge on any atom is 0.191 e.